The molecule has 0 heterocycles. The molecule has 1 atom stereocenters. The third-order valence-corrected chi connectivity index (χ3v) is 7.93. The van der Waals surface area contributed by atoms with Crippen LogP contribution in [0.1, 0.15) is 43.4 Å². The number of methoxy groups -OCH3 is 1. The van der Waals surface area contributed by atoms with Gasteiger partial charge in [0.2, 0.25) is 0 Å². The van der Waals surface area contributed by atoms with Crippen molar-refractivity contribution in [1.29, 1.82) is 0 Å². The third-order valence-electron chi connectivity index (χ3n) is 5.75. The van der Waals surface area contributed by atoms with E-state index in [1.807, 2.05) is 37.5 Å². The van der Waals surface area contributed by atoms with Crippen molar-refractivity contribution >= 4 is 20.1 Å². The van der Waals surface area contributed by atoms with Crippen molar-refractivity contribution in [2.45, 2.75) is 38.5 Å². The molecule has 4 heteroatoms. The zero-order chi connectivity index (χ0) is 22.1. The van der Waals surface area contributed by atoms with Crippen LogP contribution in [-0.4, -0.2) is 20.4 Å². The second-order valence-electron chi connectivity index (χ2n) is 7.53. The number of ether oxygens (including phenoxy) is 2. The molecule has 0 aromatic heterocycles. The number of rotatable bonds is 10. The highest BCUT2D eigenvalue weighted by Crippen LogP contribution is 2.51. The molecule has 0 bridgehead atoms. The molecule has 1 unspecified atom stereocenters. The minimum atomic E-state index is -0.0434. The molecule has 0 aliphatic heterocycles. The van der Waals surface area contributed by atoms with Crippen molar-refractivity contribution in [3.8, 4) is 11.5 Å². The maximum atomic E-state index is 6.37. The molecule has 0 radical (unpaired) electrons. The lowest BCUT2D eigenvalue weighted by atomic mass is 9.91. The predicted molar refractivity (Wildman–Crippen MR) is 134 cm³/mol. The molecule has 0 amide bonds. The summed E-state index contributed by atoms with van der Waals surface area (Å²) in [6.45, 7) is 5.09. The average molecular weight is 434 g/mol. The molecular weight excluding hydrogens is 401 g/mol. The Morgan fingerprint density at radius 1 is 0.935 bits per heavy atom. The summed E-state index contributed by atoms with van der Waals surface area (Å²) in [6, 6.07) is 25.1. The fraction of sp³-hybridized carbons (Fsp3) is 0.296. The van der Waals surface area contributed by atoms with Crippen molar-refractivity contribution in [2.24, 2.45) is 4.99 Å². The van der Waals surface area contributed by atoms with Gasteiger partial charge in [-0.2, -0.15) is 0 Å². The normalized spacial score (nSPS) is 12.0. The minimum Gasteiger partial charge on any atom is -0.497 e. The first-order valence-electron chi connectivity index (χ1n) is 10.8. The van der Waals surface area contributed by atoms with E-state index in [0.717, 1.165) is 29.9 Å². The summed E-state index contributed by atoms with van der Waals surface area (Å²) in [5.41, 5.74) is 3.56. The Hall–Kier alpha value is -2.64. The van der Waals surface area contributed by atoms with Crippen LogP contribution in [0.4, 0.5) is 0 Å². The number of aliphatic imine (C=N–C) groups is 1. The molecule has 162 valence electrons. The lowest BCUT2D eigenvalue weighted by Gasteiger charge is -2.35. The number of benzene rings is 3. The van der Waals surface area contributed by atoms with Crippen molar-refractivity contribution in [1.82, 2.24) is 0 Å². The summed E-state index contributed by atoms with van der Waals surface area (Å²) in [6.07, 6.45) is 3.97. The number of hydrogen-bond donors (Lipinski definition) is 0. The van der Waals surface area contributed by atoms with Crippen LogP contribution in [-0.2, 0) is 11.8 Å². The molecule has 0 saturated carbocycles. The van der Waals surface area contributed by atoms with Crippen LogP contribution in [0.25, 0.3) is 0 Å². The smallest absolute Gasteiger partial charge is 0.124 e. The molecule has 3 rings (SSSR count). The molecule has 0 spiro atoms. The van der Waals surface area contributed by atoms with Crippen LogP contribution >= 0.6 is 8.58 Å². The second-order valence-corrected chi connectivity index (χ2v) is 9.27. The fourth-order valence-corrected chi connectivity index (χ4v) is 5.54. The average Bonchev–Trinajstić information content (AvgIpc) is 2.83. The van der Waals surface area contributed by atoms with Gasteiger partial charge in [-0.05, 0) is 47.5 Å². The van der Waals surface area contributed by atoms with E-state index in [4.69, 9.17) is 9.47 Å². The lowest BCUT2D eigenvalue weighted by molar-refractivity contribution is 0.297. The topological polar surface area (TPSA) is 30.8 Å². The van der Waals surface area contributed by atoms with Crippen LogP contribution in [0.5, 0.6) is 11.5 Å². The van der Waals surface area contributed by atoms with Gasteiger partial charge in [0.05, 0.1) is 7.11 Å². The molecule has 3 aromatic rings. The van der Waals surface area contributed by atoms with Crippen LogP contribution in [0, 0.1) is 0 Å². The van der Waals surface area contributed by atoms with Gasteiger partial charge in [0.1, 0.15) is 18.1 Å². The Bertz CT molecular complexity index is 997. The highest BCUT2D eigenvalue weighted by atomic mass is 31.1. The summed E-state index contributed by atoms with van der Waals surface area (Å²) in [4.78, 5) is 4.26. The minimum absolute atomic E-state index is 0.0434. The third kappa shape index (κ3) is 5.54. The molecule has 0 aliphatic carbocycles. The van der Waals surface area contributed by atoms with E-state index in [-0.39, 0.29) is 5.16 Å². The van der Waals surface area contributed by atoms with Crippen molar-refractivity contribution < 1.29 is 9.47 Å². The van der Waals surface area contributed by atoms with E-state index in [1.54, 1.807) is 7.11 Å². The van der Waals surface area contributed by atoms with Crippen LogP contribution in [0.3, 0.4) is 0 Å². The Balaban J connectivity index is 2.02. The fourth-order valence-electron chi connectivity index (χ4n) is 3.87. The van der Waals surface area contributed by atoms with Crippen molar-refractivity contribution in [3.63, 3.8) is 0 Å². The maximum Gasteiger partial charge on any atom is 0.124 e. The van der Waals surface area contributed by atoms with Gasteiger partial charge < -0.3 is 9.47 Å². The summed E-state index contributed by atoms with van der Waals surface area (Å²) < 4.78 is 12.0. The summed E-state index contributed by atoms with van der Waals surface area (Å²) >= 11 is 0. The Morgan fingerprint density at radius 2 is 1.65 bits per heavy atom. The zero-order valence-electron chi connectivity index (χ0n) is 18.9. The zero-order valence-corrected chi connectivity index (χ0v) is 19.9. The summed E-state index contributed by atoms with van der Waals surface area (Å²) in [5.74, 6) is 1.80. The molecule has 3 aromatic carbocycles. The first-order chi connectivity index (χ1) is 15.2. The lowest BCUT2D eigenvalue weighted by Crippen LogP contribution is -2.24. The number of nitrogens with zero attached hydrogens (tertiary/aromatic N) is 1. The van der Waals surface area contributed by atoms with Gasteiger partial charge >= 0.3 is 0 Å². The SMILES string of the molecule is CCC(CC)(Pc1ccccc1C=NC)c1cc(OC)ccc1OCc1ccccc1. The predicted octanol–water partition coefficient (Wildman–Crippen LogP) is 6.34. The maximum absolute atomic E-state index is 6.37. The summed E-state index contributed by atoms with van der Waals surface area (Å²) in [7, 11) is 4.13. The van der Waals surface area contributed by atoms with Gasteiger partial charge in [-0.3, -0.25) is 4.99 Å². The van der Waals surface area contributed by atoms with Gasteiger partial charge in [-0.1, -0.05) is 77.0 Å². The molecule has 31 heavy (non-hydrogen) atoms. The molecule has 0 aliphatic rings. The van der Waals surface area contributed by atoms with E-state index in [0.29, 0.717) is 15.2 Å². The van der Waals surface area contributed by atoms with Crippen LogP contribution < -0.4 is 14.8 Å². The molecule has 3 nitrogen and oxygen atoms in total. The quantitative estimate of drug-likeness (QED) is 0.276. The van der Waals surface area contributed by atoms with E-state index in [2.05, 4.69) is 67.4 Å². The van der Waals surface area contributed by atoms with E-state index in [1.165, 1.54) is 16.4 Å². The highest BCUT2D eigenvalue weighted by Gasteiger charge is 2.33. The van der Waals surface area contributed by atoms with Crippen molar-refractivity contribution in [2.75, 3.05) is 14.2 Å². The Morgan fingerprint density at radius 3 is 2.32 bits per heavy atom. The molecule has 0 fully saturated rings. The van der Waals surface area contributed by atoms with Crippen LogP contribution in [0.2, 0.25) is 0 Å². The molecule has 0 saturated heterocycles. The van der Waals surface area contributed by atoms with E-state index < -0.39 is 0 Å². The first-order valence-corrected chi connectivity index (χ1v) is 11.8. The van der Waals surface area contributed by atoms with Crippen LogP contribution in [0.15, 0.2) is 77.8 Å². The first kappa shape index (κ1) is 23.0. The van der Waals surface area contributed by atoms with E-state index in [9.17, 15) is 0 Å². The second kappa shape index (κ2) is 11.1. The van der Waals surface area contributed by atoms with Gasteiger partial charge in [0.25, 0.3) is 0 Å². The Kier molecular flexibility index (Phi) is 8.26. The monoisotopic (exact) mass is 433 g/mol. The number of hydrogen-bond acceptors (Lipinski definition) is 3. The largest absolute Gasteiger partial charge is 0.497 e. The molecular formula is C27H32NO2P. The van der Waals surface area contributed by atoms with Gasteiger partial charge in [0, 0.05) is 24.0 Å². The van der Waals surface area contributed by atoms with Gasteiger partial charge in [-0.25, -0.2) is 0 Å². The Labute approximate surface area is 188 Å². The van der Waals surface area contributed by atoms with Gasteiger partial charge in [0.15, 0.2) is 0 Å². The standard InChI is InChI=1S/C27H32NO2P/c1-5-27(6-2,31-26-15-11-10-14-22(26)19-28-3)24-18-23(29-4)16-17-25(24)30-20-21-12-8-7-9-13-21/h7-19,31H,5-6,20H2,1-4H3. The molecule has 0 N–H and O–H groups in total. The van der Waals surface area contributed by atoms with E-state index >= 15 is 0 Å². The highest BCUT2D eigenvalue weighted by molar-refractivity contribution is 7.48. The summed E-state index contributed by atoms with van der Waals surface area (Å²) in [5, 5.41) is 1.28. The van der Waals surface area contributed by atoms with Crippen molar-refractivity contribution in [3.05, 3.63) is 89.5 Å². The van der Waals surface area contributed by atoms with Gasteiger partial charge in [-0.15, -0.1) is 0 Å².